The fourth-order valence-corrected chi connectivity index (χ4v) is 5.63. The summed E-state index contributed by atoms with van der Waals surface area (Å²) in [6.45, 7) is 2.29. The molecule has 0 saturated carbocycles. The van der Waals surface area contributed by atoms with Crippen molar-refractivity contribution >= 4 is 27.8 Å². The summed E-state index contributed by atoms with van der Waals surface area (Å²) in [5, 5.41) is 3.65. The molecule has 4 aromatic carbocycles. The highest BCUT2D eigenvalue weighted by Gasteiger charge is 2.18. The van der Waals surface area contributed by atoms with Gasteiger partial charge in [0.1, 0.15) is 0 Å². The van der Waals surface area contributed by atoms with Gasteiger partial charge in [-0.05, 0) is 69.3 Å². The number of fused-ring (bicyclic) bond motifs is 4. The van der Waals surface area contributed by atoms with Crippen molar-refractivity contribution in [1.29, 1.82) is 0 Å². The molecule has 2 aromatic heterocycles. The molecule has 2 heterocycles. The van der Waals surface area contributed by atoms with Crippen LogP contribution < -0.4 is 0 Å². The van der Waals surface area contributed by atoms with Crippen LogP contribution in [0.1, 0.15) is 18.1 Å². The molecule has 176 valence electrons. The molecule has 6 aromatic rings. The fourth-order valence-electron chi connectivity index (χ4n) is 5.63. The van der Waals surface area contributed by atoms with Crippen molar-refractivity contribution in [3.63, 3.8) is 0 Å². The van der Waals surface area contributed by atoms with Gasteiger partial charge >= 0.3 is 0 Å². The van der Waals surface area contributed by atoms with Crippen LogP contribution in [0.2, 0.25) is 0 Å². The highest BCUT2D eigenvalue weighted by molar-refractivity contribution is 6.01. The van der Waals surface area contributed by atoms with Crippen LogP contribution in [0.4, 0.5) is 0 Å². The second kappa shape index (κ2) is 8.83. The first-order valence-corrected chi connectivity index (χ1v) is 12.9. The molecule has 37 heavy (non-hydrogen) atoms. The Balaban J connectivity index is 1.39. The van der Waals surface area contributed by atoms with E-state index in [1.807, 2.05) is 12.4 Å². The van der Waals surface area contributed by atoms with Crippen LogP contribution in [-0.4, -0.2) is 9.97 Å². The highest BCUT2D eigenvalue weighted by atomic mass is 14.7. The Hall–Kier alpha value is -4.56. The monoisotopic (exact) mass is 474 g/mol. The van der Waals surface area contributed by atoms with E-state index in [-0.39, 0.29) is 0 Å². The third-order valence-electron chi connectivity index (χ3n) is 7.51. The first kappa shape index (κ1) is 21.7. The molecule has 7 rings (SSSR count). The van der Waals surface area contributed by atoms with Crippen LogP contribution >= 0.6 is 0 Å². The quantitative estimate of drug-likeness (QED) is 0.256. The molecular formula is C35H26N2. The lowest BCUT2D eigenvalue weighted by atomic mass is 9.85. The molecule has 1 atom stereocenters. The largest absolute Gasteiger partial charge is 0.264 e. The Morgan fingerprint density at radius 3 is 2.41 bits per heavy atom. The number of rotatable bonds is 3. The van der Waals surface area contributed by atoms with E-state index in [1.165, 1.54) is 49.5 Å². The van der Waals surface area contributed by atoms with Gasteiger partial charge in [0, 0.05) is 28.7 Å². The minimum absolute atomic E-state index is 0.526. The molecule has 0 bridgehead atoms. The number of allylic oxidation sites excluding steroid dienone is 1. The van der Waals surface area contributed by atoms with E-state index in [2.05, 4.69) is 121 Å². The molecule has 2 heteroatoms. The Bertz CT molecular complexity index is 1790. The zero-order valence-corrected chi connectivity index (χ0v) is 20.7. The van der Waals surface area contributed by atoms with Crippen LogP contribution in [0, 0.1) is 5.92 Å². The Labute approximate surface area is 217 Å². The predicted molar refractivity (Wildman–Crippen MR) is 155 cm³/mol. The number of hydrogen-bond donors (Lipinski definition) is 0. The summed E-state index contributed by atoms with van der Waals surface area (Å²) in [5.74, 6) is 0.526. The van der Waals surface area contributed by atoms with Gasteiger partial charge < -0.3 is 0 Å². The third kappa shape index (κ3) is 3.82. The first-order valence-electron chi connectivity index (χ1n) is 12.9. The van der Waals surface area contributed by atoms with E-state index < -0.39 is 0 Å². The topological polar surface area (TPSA) is 25.8 Å². The van der Waals surface area contributed by atoms with Crippen LogP contribution in [-0.2, 0) is 6.42 Å². The number of hydrogen-bond acceptors (Lipinski definition) is 2. The Kier molecular flexibility index (Phi) is 5.18. The smallest absolute Gasteiger partial charge is 0.0718 e. The van der Waals surface area contributed by atoms with E-state index in [0.29, 0.717) is 5.92 Å². The van der Waals surface area contributed by atoms with Gasteiger partial charge in [-0.2, -0.15) is 0 Å². The lowest BCUT2D eigenvalue weighted by molar-refractivity contribution is 0.721. The summed E-state index contributed by atoms with van der Waals surface area (Å²) < 4.78 is 0. The lowest BCUT2D eigenvalue weighted by Gasteiger charge is -2.21. The average Bonchev–Trinajstić information content (AvgIpc) is 2.96. The molecule has 1 aliphatic rings. The van der Waals surface area contributed by atoms with E-state index in [1.54, 1.807) is 0 Å². The number of nitrogens with zero attached hydrogens (tertiary/aromatic N) is 2. The Morgan fingerprint density at radius 1 is 0.730 bits per heavy atom. The summed E-state index contributed by atoms with van der Waals surface area (Å²) >= 11 is 0. The standard InChI is InChI=1S/C35H26N2/c1-23-10-11-27-16-17-33-35(30(27)20-23)31(24-6-3-2-4-7-24)21-34(37-33)28-14-12-26(13-15-28)29-9-5-8-25-18-19-36-22-32(25)29/h2-19,21-23H,20H2,1H3. The van der Waals surface area contributed by atoms with Gasteiger partial charge in [-0.3, -0.25) is 4.98 Å². The maximum atomic E-state index is 5.18. The van der Waals surface area contributed by atoms with Gasteiger partial charge in [-0.15, -0.1) is 0 Å². The Morgan fingerprint density at radius 2 is 1.54 bits per heavy atom. The average molecular weight is 475 g/mol. The summed E-state index contributed by atoms with van der Waals surface area (Å²) in [6.07, 6.45) is 9.42. The van der Waals surface area contributed by atoms with Crippen molar-refractivity contribution in [2.75, 3.05) is 0 Å². The van der Waals surface area contributed by atoms with Crippen LogP contribution in [0.3, 0.4) is 0 Å². The fraction of sp³-hybridized carbons (Fsp3) is 0.0857. The first-order chi connectivity index (χ1) is 18.2. The number of benzene rings is 4. The van der Waals surface area contributed by atoms with Crippen molar-refractivity contribution in [2.24, 2.45) is 5.92 Å². The predicted octanol–water partition coefficient (Wildman–Crippen LogP) is 8.99. The van der Waals surface area contributed by atoms with Gasteiger partial charge in [-0.1, -0.05) is 97.9 Å². The maximum Gasteiger partial charge on any atom is 0.0718 e. The zero-order chi connectivity index (χ0) is 24.8. The summed E-state index contributed by atoms with van der Waals surface area (Å²) in [6, 6.07) is 34.7. The molecule has 0 radical (unpaired) electrons. The van der Waals surface area contributed by atoms with E-state index in [4.69, 9.17) is 4.98 Å². The molecule has 0 N–H and O–H groups in total. The van der Waals surface area contributed by atoms with Crippen molar-refractivity contribution in [3.05, 3.63) is 127 Å². The van der Waals surface area contributed by atoms with Crippen LogP contribution in [0.5, 0.6) is 0 Å². The van der Waals surface area contributed by atoms with E-state index in [0.717, 1.165) is 23.2 Å². The molecule has 0 fully saturated rings. The molecular weight excluding hydrogens is 448 g/mol. The molecule has 2 nitrogen and oxygen atoms in total. The lowest BCUT2D eigenvalue weighted by Crippen LogP contribution is -2.05. The van der Waals surface area contributed by atoms with Crippen molar-refractivity contribution in [1.82, 2.24) is 9.97 Å². The van der Waals surface area contributed by atoms with Gasteiger partial charge in [0.15, 0.2) is 0 Å². The minimum atomic E-state index is 0.526. The summed E-state index contributed by atoms with van der Waals surface area (Å²) in [4.78, 5) is 9.54. The molecule has 1 aliphatic carbocycles. The van der Waals surface area contributed by atoms with E-state index in [9.17, 15) is 0 Å². The molecule has 0 amide bonds. The zero-order valence-electron chi connectivity index (χ0n) is 20.7. The van der Waals surface area contributed by atoms with Gasteiger partial charge in [0.25, 0.3) is 0 Å². The molecule has 0 saturated heterocycles. The van der Waals surface area contributed by atoms with Crippen molar-refractivity contribution < 1.29 is 0 Å². The minimum Gasteiger partial charge on any atom is -0.264 e. The third-order valence-corrected chi connectivity index (χ3v) is 7.51. The van der Waals surface area contributed by atoms with Crippen LogP contribution in [0.15, 0.2) is 116 Å². The number of aromatic nitrogens is 2. The van der Waals surface area contributed by atoms with Crippen molar-refractivity contribution in [3.8, 4) is 33.5 Å². The SMILES string of the molecule is CC1C=Cc2ccc3nc(-c4ccc(-c5cccc6ccncc56)cc4)cc(-c4ccccc4)c3c2C1. The summed E-state index contributed by atoms with van der Waals surface area (Å²) in [5.41, 5.74) is 10.8. The van der Waals surface area contributed by atoms with E-state index >= 15 is 0 Å². The second-order valence-corrected chi connectivity index (χ2v) is 9.97. The van der Waals surface area contributed by atoms with Gasteiger partial charge in [-0.25, -0.2) is 4.98 Å². The summed E-state index contributed by atoms with van der Waals surface area (Å²) in [7, 11) is 0. The highest BCUT2D eigenvalue weighted by Crippen LogP contribution is 2.38. The van der Waals surface area contributed by atoms with Gasteiger partial charge in [0.2, 0.25) is 0 Å². The second-order valence-electron chi connectivity index (χ2n) is 9.97. The normalized spacial score (nSPS) is 14.7. The van der Waals surface area contributed by atoms with Crippen LogP contribution in [0.25, 0.3) is 61.3 Å². The molecule has 0 aliphatic heterocycles. The molecule has 1 unspecified atom stereocenters. The van der Waals surface area contributed by atoms with Crippen molar-refractivity contribution in [2.45, 2.75) is 13.3 Å². The maximum absolute atomic E-state index is 5.18. The molecule has 0 spiro atoms. The number of pyridine rings is 2. The van der Waals surface area contributed by atoms with Gasteiger partial charge in [0.05, 0.1) is 11.2 Å².